The van der Waals surface area contributed by atoms with Crippen LogP contribution in [0.5, 0.6) is 0 Å². The molecule has 5 aromatic rings. The van der Waals surface area contributed by atoms with Gasteiger partial charge in [-0.2, -0.15) is 0 Å². The topological polar surface area (TPSA) is 76.0 Å². The average Bonchev–Trinajstić information content (AvgIpc) is 3.45. The number of aromatic nitrogens is 2. The van der Waals surface area contributed by atoms with Gasteiger partial charge in [0.15, 0.2) is 5.13 Å². The average molecular weight is 495 g/mol. The number of carbonyl (C=O) groups is 1. The lowest BCUT2D eigenvalue weighted by molar-refractivity contribution is 0.0935. The minimum atomic E-state index is -0.220. The van der Waals surface area contributed by atoms with Crippen LogP contribution in [0, 0.1) is 0 Å². The molecule has 180 valence electrons. The van der Waals surface area contributed by atoms with Crippen LogP contribution in [0.15, 0.2) is 101 Å². The summed E-state index contributed by atoms with van der Waals surface area (Å²) in [4.78, 5) is 32.1. The molecule has 0 aliphatic carbocycles. The standard InChI is InChI=1S/C29H26N4O2S/c1-2-24(20-11-5-3-6-12-20)32-27(34)26-22-15-9-10-16-23(22)28(35)33(21-13-7-4-8-14-21)25(26)19-31-29-30-17-18-36-29/h3-18,24H,2,19H2,1H3,(H,30,31)(H,32,34)/t24-/m0/s1. The Kier molecular flexibility index (Phi) is 6.91. The highest BCUT2D eigenvalue weighted by atomic mass is 32.1. The Morgan fingerprint density at radius 1 is 0.944 bits per heavy atom. The molecule has 1 amide bonds. The molecule has 7 heteroatoms. The van der Waals surface area contributed by atoms with Crippen molar-refractivity contribution >= 4 is 33.1 Å². The summed E-state index contributed by atoms with van der Waals surface area (Å²) >= 11 is 1.47. The SMILES string of the molecule is CC[C@H](NC(=O)c1c(CNc2nccs2)n(-c2ccccc2)c(=O)c2ccccc12)c1ccccc1. The van der Waals surface area contributed by atoms with E-state index in [-0.39, 0.29) is 24.1 Å². The summed E-state index contributed by atoms with van der Waals surface area (Å²) in [6.07, 6.45) is 2.45. The third kappa shape index (κ3) is 4.65. The Morgan fingerprint density at radius 2 is 1.61 bits per heavy atom. The van der Waals surface area contributed by atoms with Crippen molar-refractivity contribution in [2.75, 3.05) is 5.32 Å². The van der Waals surface area contributed by atoms with Gasteiger partial charge in [-0.25, -0.2) is 4.98 Å². The van der Waals surface area contributed by atoms with Crippen LogP contribution >= 0.6 is 11.3 Å². The zero-order valence-electron chi connectivity index (χ0n) is 19.8. The highest BCUT2D eigenvalue weighted by molar-refractivity contribution is 7.13. The van der Waals surface area contributed by atoms with Crippen LogP contribution in [0.25, 0.3) is 16.5 Å². The first kappa shape index (κ1) is 23.5. The van der Waals surface area contributed by atoms with Gasteiger partial charge in [0, 0.05) is 28.0 Å². The Labute approximate surface area is 213 Å². The Hall–Kier alpha value is -4.23. The molecule has 2 heterocycles. The van der Waals surface area contributed by atoms with Gasteiger partial charge in [0.2, 0.25) is 0 Å². The van der Waals surface area contributed by atoms with Crippen LogP contribution in [0.1, 0.15) is 41.0 Å². The lowest BCUT2D eigenvalue weighted by Crippen LogP contribution is -2.33. The van der Waals surface area contributed by atoms with Gasteiger partial charge >= 0.3 is 0 Å². The molecule has 3 aromatic carbocycles. The number of nitrogens with one attached hydrogen (secondary N) is 2. The molecular weight excluding hydrogens is 468 g/mol. The van der Waals surface area contributed by atoms with Crippen LogP contribution in [-0.2, 0) is 6.54 Å². The predicted molar refractivity (Wildman–Crippen MR) is 146 cm³/mol. The molecule has 2 aromatic heterocycles. The number of carbonyl (C=O) groups excluding carboxylic acids is 1. The molecule has 0 saturated carbocycles. The minimum absolute atomic E-state index is 0.158. The highest BCUT2D eigenvalue weighted by Gasteiger charge is 2.24. The molecular formula is C29H26N4O2S. The number of rotatable bonds is 8. The molecule has 0 spiro atoms. The number of pyridine rings is 1. The van der Waals surface area contributed by atoms with Crippen LogP contribution < -0.4 is 16.2 Å². The molecule has 36 heavy (non-hydrogen) atoms. The number of benzene rings is 3. The summed E-state index contributed by atoms with van der Waals surface area (Å²) in [6.45, 7) is 2.30. The third-order valence-electron chi connectivity index (χ3n) is 6.18. The van der Waals surface area contributed by atoms with E-state index in [0.29, 0.717) is 27.7 Å². The first-order valence-electron chi connectivity index (χ1n) is 11.9. The largest absolute Gasteiger partial charge is 0.356 e. The van der Waals surface area contributed by atoms with Crippen molar-refractivity contribution in [2.45, 2.75) is 25.9 Å². The number of hydrogen-bond donors (Lipinski definition) is 2. The molecule has 0 aliphatic rings. The number of fused-ring (bicyclic) bond motifs is 1. The zero-order valence-corrected chi connectivity index (χ0v) is 20.7. The second-order valence-electron chi connectivity index (χ2n) is 8.38. The van der Waals surface area contributed by atoms with E-state index in [1.54, 1.807) is 16.8 Å². The summed E-state index contributed by atoms with van der Waals surface area (Å²) in [6, 6.07) is 26.5. The van der Waals surface area contributed by atoms with Crippen molar-refractivity contribution in [1.82, 2.24) is 14.9 Å². The van der Waals surface area contributed by atoms with Crippen molar-refractivity contribution in [3.05, 3.63) is 124 Å². The maximum absolute atomic E-state index is 14.0. The smallest absolute Gasteiger partial charge is 0.263 e. The first-order valence-corrected chi connectivity index (χ1v) is 12.8. The van der Waals surface area contributed by atoms with Gasteiger partial charge < -0.3 is 10.6 Å². The van der Waals surface area contributed by atoms with E-state index < -0.39 is 0 Å². The molecule has 0 unspecified atom stereocenters. The van der Waals surface area contributed by atoms with Crippen molar-refractivity contribution in [3.63, 3.8) is 0 Å². The fraction of sp³-hybridized carbons (Fsp3) is 0.138. The summed E-state index contributed by atoms with van der Waals surface area (Å²) in [5, 5.41) is 10.3. The van der Waals surface area contributed by atoms with E-state index in [1.165, 1.54) is 11.3 Å². The van der Waals surface area contributed by atoms with E-state index in [0.717, 1.165) is 17.1 Å². The molecule has 0 fully saturated rings. The number of nitrogens with zero attached hydrogens (tertiary/aromatic N) is 2. The summed E-state index contributed by atoms with van der Waals surface area (Å²) in [5.41, 5.74) is 2.64. The molecule has 2 N–H and O–H groups in total. The van der Waals surface area contributed by atoms with E-state index in [4.69, 9.17) is 0 Å². The van der Waals surface area contributed by atoms with E-state index >= 15 is 0 Å². The molecule has 0 bridgehead atoms. The maximum atomic E-state index is 14.0. The number of para-hydroxylation sites is 1. The monoisotopic (exact) mass is 494 g/mol. The number of amides is 1. The van der Waals surface area contributed by atoms with Crippen molar-refractivity contribution in [2.24, 2.45) is 0 Å². The van der Waals surface area contributed by atoms with Crippen LogP contribution in [0.3, 0.4) is 0 Å². The van der Waals surface area contributed by atoms with Crippen LogP contribution in [0.4, 0.5) is 5.13 Å². The number of hydrogen-bond acceptors (Lipinski definition) is 5. The minimum Gasteiger partial charge on any atom is -0.356 e. The first-order chi connectivity index (χ1) is 17.7. The van der Waals surface area contributed by atoms with Crippen LogP contribution in [-0.4, -0.2) is 15.5 Å². The van der Waals surface area contributed by atoms with E-state index in [1.807, 2.05) is 91.2 Å². The summed E-state index contributed by atoms with van der Waals surface area (Å²) < 4.78 is 1.64. The summed E-state index contributed by atoms with van der Waals surface area (Å²) in [5.74, 6) is -0.220. The van der Waals surface area contributed by atoms with Gasteiger partial charge in [-0.15, -0.1) is 11.3 Å². The Balaban J connectivity index is 1.70. The lowest BCUT2D eigenvalue weighted by Gasteiger charge is -2.22. The molecule has 0 saturated heterocycles. The Morgan fingerprint density at radius 3 is 2.28 bits per heavy atom. The second-order valence-corrected chi connectivity index (χ2v) is 9.27. The third-order valence-corrected chi connectivity index (χ3v) is 6.92. The normalized spacial score (nSPS) is 11.8. The van der Waals surface area contributed by atoms with Gasteiger partial charge in [0.1, 0.15) is 0 Å². The number of anilines is 1. The van der Waals surface area contributed by atoms with E-state index in [2.05, 4.69) is 15.6 Å². The van der Waals surface area contributed by atoms with Gasteiger partial charge in [0.25, 0.3) is 11.5 Å². The second kappa shape index (κ2) is 10.6. The molecule has 0 aliphatic heterocycles. The molecule has 1 atom stereocenters. The Bertz CT molecular complexity index is 1530. The van der Waals surface area contributed by atoms with Gasteiger partial charge in [-0.1, -0.05) is 73.7 Å². The highest BCUT2D eigenvalue weighted by Crippen LogP contribution is 2.26. The van der Waals surface area contributed by atoms with Crippen LogP contribution in [0.2, 0.25) is 0 Å². The fourth-order valence-electron chi connectivity index (χ4n) is 4.48. The lowest BCUT2D eigenvalue weighted by atomic mass is 10.00. The molecule has 5 rings (SSSR count). The quantitative estimate of drug-likeness (QED) is 0.280. The fourth-order valence-corrected chi connectivity index (χ4v) is 5.00. The maximum Gasteiger partial charge on any atom is 0.263 e. The zero-order chi connectivity index (χ0) is 24.9. The predicted octanol–water partition coefficient (Wildman–Crippen LogP) is 5.94. The van der Waals surface area contributed by atoms with Crippen molar-refractivity contribution in [1.29, 1.82) is 0 Å². The van der Waals surface area contributed by atoms with E-state index in [9.17, 15) is 9.59 Å². The number of thiazole rings is 1. The van der Waals surface area contributed by atoms with Gasteiger partial charge in [-0.05, 0) is 30.2 Å². The molecule has 6 nitrogen and oxygen atoms in total. The molecule has 0 radical (unpaired) electrons. The summed E-state index contributed by atoms with van der Waals surface area (Å²) in [7, 11) is 0. The van der Waals surface area contributed by atoms with Gasteiger partial charge in [0.05, 0.1) is 23.8 Å². The van der Waals surface area contributed by atoms with Crippen molar-refractivity contribution in [3.8, 4) is 5.69 Å². The van der Waals surface area contributed by atoms with Gasteiger partial charge in [-0.3, -0.25) is 14.2 Å². The van der Waals surface area contributed by atoms with Crippen molar-refractivity contribution < 1.29 is 4.79 Å².